The van der Waals surface area contributed by atoms with E-state index in [2.05, 4.69) is 24.0 Å². The summed E-state index contributed by atoms with van der Waals surface area (Å²) in [5.41, 5.74) is 0.927. The fourth-order valence-electron chi connectivity index (χ4n) is 2.02. The van der Waals surface area contributed by atoms with Crippen molar-refractivity contribution in [3.05, 3.63) is 30.2 Å². The molecule has 2 rings (SSSR count). The first-order valence-electron chi connectivity index (χ1n) is 6.73. The molecule has 1 aromatic heterocycles. The van der Waals surface area contributed by atoms with Gasteiger partial charge in [-0.25, -0.2) is 0 Å². The highest BCUT2D eigenvalue weighted by atomic mass is 32.2. The van der Waals surface area contributed by atoms with Gasteiger partial charge in [0.25, 0.3) is 0 Å². The predicted octanol–water partition coefficient (Wildman–Crippen LogP) is 3.41. The lowest BCUT2D eigenvalue weighted by atomic mass is 10.0. The van der Waals surface area contributed by atoms with Gasteiger partial charge in [0.2, 0.25) is 11.7 Å². The molecule has 0 spiro atoms. The molecule has 1 unspecified atom stereocenters. The topological polar surface area (TPSA) is 59.2 Å². The van der Waals surface area contributed by atoms with Gasteiger partial charge in [0.1, 0.15) is 0 Å². The Hall–Kier alpha value is -1.33. The maximum absolute atomic E-state index is 9.89. The van der Waals surface area contributed by atoms with E-state index in [1.54, 1.807) is 11.8 Å². The van der Waals surface area contributed by atoms with Gasteiger partial charge in [-0.05, 0) is 42.9 Å². The molecule has 0 aliphatic rings. The number of hydrogen-bond acceptors (Lipinski definition) is 5. The van der Waals surface area contributed by atoms with Crippen LogP contribution in [0.15, 0.2) is 33.7 Å². The molecule has 0 saturated carbocycles. The third kappa shape index (κ3) is 4.08. The molecule has 0 radical (unpaired) electrons. The molecule has 1 heterocycles. The van der Waals surface area contributed by atoms with E-state index >= 15 is 0 Å². The van der Waals surface area contributed by atoms with E-state index in [-0.39, 0.29) is 0 Å². The lowest BCUT2D eigenvalue weighted by molar-refractivity contribution is 0.138. The molecule has 108 valence electrons. The number of thioether (sulfide) groups is 1. The summed E-state index contributed by atoms with van der Waals surface area (Å²) in [5.74, 6) is 1.51. The normalized spacial score (nSPS) is 12.8. The molecule has 1 atom stereocenters. The Kier molecular flexibility index (Phi) is 5.20. The van der Waals surface area contributed by atoms with Crippen LogP contribution in [0, 0.1) is 5.92 Å². The van der Waals surface area contributed by atoms with Crippen LogP contribution in [0.1, 0.15) is 26.2 Å². The van der Waals surface area contributed by atoms with Gasteiger partial charge in [-0.2, -0.15) is 4.98 Å². The largest absolute Gasteiger partial charge is 0.393 e. The van der Waals surface area contributed by atoms with Gasteiger partial charge >= 0.3 is 0 Å². The number of aliphatic hydroxyl groups excluding tert-OH is 1. The third-order valence-electron chi connectivity index (χ3n) is 2.97. The molecule has 5 heteroatoms. The zero-order chi connectivity index (χ0) is 14.5. The van der Waals surface area contributed by atoms with Crippen molar-refractivity contribution < 1.29 is 9.63 Å². The lowest BCUT2D eigenvalue weighted by Gasteiger charge is -2.09. The maximum atomic E-state index is 9.89. The van der Waals surface area contributed by atoms with Crippen LogP contribution in [0.25, 0.3) is 11.4 Å². The van der Waals surface area contributed by atoms with Gasteiger partial charge in [-0.3, -0.25) is 0 Å². The molecule has 0 saturated heterocycles. The molecule has 1 aromatic carbocycles. The average Bonchev–Trinajstić information content (AvgIpc) is 2.86. The molecule has 0 aliphatic heterocycles. The van der Waals surface area contributed by atoms with E-state index in [4.69, 9.17) is 4.52 Å². The van der Waals surface area contributed by atoms with Gasteiger partial charge in [-0.1, -0.05) is 19.0 Å². The first-order valence-corrected chi connectivity index (χ1v) is 7.96. The Labute approximate surface area is 123 Å². The van der Waals surface area contributed by atoms with Gasteiger partial charge < -0.3 is 9.63 Å². The van der Waals surface area contributed by atoms with Gasteiger partial charge in [0, 0.05) is 10.5 Å². The zero-order valence-electron chi connectivity index (χ0n) is 12.0. The molecule has 0 bridgehead atoms. The standard InChI is InChI=1S/C15H20N2O2S/c1-10(2)8-12(18)9-14-16-15(17-19-14)11-4-6-13(20-3)7-5-11/h4-7,10,12,18H,8-9H2,1-3H3. The monoisotopic (exact) mass is 292 g/mol. The minimum Gasteiger partial charge on any atom is -0.393 e. The van der Waals surface area contributed by atoms with Crippen molar-refractivity contribution in [3.8, 4) is 11.4 Å². The van der Waals surface area contributed by atoms with E-state index in [9.17, 15) is 5.11 Å². The van der Waals surface area contributed by atoms with Crippen molar-refractivity contribution in [1.82, 2.24) is 10.1 Å². The second-order valence-electron chi connectivity index (χ2n) is 5.23. The van der Waals surface area contributed by atoms with Gasteiger partial charge in [0.05, 0.1) is 12.5 Å². The summed E-state index contributed by atoms with van der Waals surface area (Å²) >= 11 is 1.69. The van der Waals surface area contributed by atoms with E-state index in [0.29, 0.717) is 24.1 Å². The van der Waals surface area contributed by atoms with E-state index in [1.165, 1.54) is 4.90 Å². The summed E-state index contributed by atoms with van der Waals surface area (Å²) in [4.78, 5) is 5.54. The Balaban J connectivity index is 2.04. The fraction of sp³-hybridized carbons (Fsp3) is 0.467. The van der Waals surface area contributed by atoms with E-state index in [0.717, 1.165) is 12.0 Å². The van der Waals surface area contributed by atoms with Crippen LogP contribution in [-0.4, -0.2) is 27.6 Å². The molecule has 1 N–H and O–H groups in total. The zero-order valence-corrected chi connectivity index (χ0v) is 12.9. The van der Waals surface area contributed by atoms with Crippen molar-refractivity contribution in [2.45, 2.75) is 37.7 Å². The first-order chi connectivity index (χ1) is 9.58. The highest BCUT2D eigenvalue weighted by Gasteiger charge is 2.14. The second-order valence-corrected chi connectivity index (χ2v) is 6.11. The number of nitrogens with zero attached hydrogens (tertiary/aromatic N) is 2. The Bertz CT molecular complexity index is 537. The van der Waals surface area contributed by atoms with Crippen molar-refractivity contribution in [2.24, 2.45) is 5.92 Å². The Morgan fingerprint density at radius 1 is 1.25 bits per heavy atom. The third-order valence-corrected chi connectivity index (χ3v) is 3.71. The summed E-state index contributed by atoms with van der Waals surface area (Å²) < 4.78 is 5.20. The van der Waals surface area contributed by atoms with Crippen LogP contribution in [0.5, 0.6) is 0 Å². The Morgan fingerprint density at radius 3 is 2.55 bits per heavy atom. The van der Waals surface area contributed by atoms with Crippen LogP contribution in [0.3, 0.4) is 0 Å². The first kappa shape index (κ1) is 15.1. The molecule has 2 aromatic rings. The molecule has 4 nitrogen and oxygen atoms in total. The lowest BCUT2D eigenvalue weighted by Crippen LogP contribution is -2.13. The van der Waals surface area contributed by atoms with Crippen LogP contribution in [0.2, 0.25) is 0 Å². The summed E-state index contributed by atoms with van der Waals surface area (Å²) in [5, 5.41) is 13.9. The summed E-state index contributed by atoms with van der Waals surface area (Å²) in [6.45, 7) is 4.16. The van der Waals surface area contributed by atoms with Crippen LogP contribution in [0.4, 0.5) is 0 Å². The van der Waals surface area contributed by atoms with Crippen LogP contribution < -0.4 is 0 Å². The van der Waals surface area contributed by atoms with Crippen molar-refractivity contribution in [3.63, 3.8) is 0 Å². The maximum Gasteiger partial charge on any atom is 0.229 e. The summed E-state index contributed by atoms with van der Waals surface area (Å²) in [6.07, 6.45) is 2.76. The molecular weight excluding hydrogens is 272 g/mol. The number of hydrogen-bond donors (Lipinski definition) is 1. The minimum atomic E-state index is -0.429. The highest BCUT2D eigenvalue weighted by molar-refractivity contribution is 7.98. The highest BCUT2D eigenvalue weighted by Crippen LogP contribution is 2.21. The Morgan fingerprint density at radius 2 is 1.95 bits per heavy atom. The fourth-order valence-corrected chi connectivity index (χ4v) is 2.43. The second kappa shape index (κ2) is 6.90. The molecule has 0 aliphatic carbocycles. The molecule has 0 amide bonds. The SMILES string of the molecule is CSc1ccc(-c2noc(CC(O)CC(C)C)n2)cc1. The van der Waals surface area contributed by atoms with Crippen LogP contribution >= 0.6 is 11.8 Å². The van der Waals surface area contributed by atoms with E-state index < -0.39 is 6.10 Å². The predicted molar refractivity (Wildman–Crippen MR) is 80.7 cm³/mol. The summed E-state index contributed by atoms with van der Waals surface area (Å²) in [7, 11) is 0. The van der Waals surface area contributed by atoms with Gasteiger partial charge in [-0.15, -0.1) is 11.8 Å². The van der Waals surface area contributed by atoms with Crippen LogP contribution in [-0.2, 0) is 6.42 Å². The molecule has 20 heavy (non-hydrogen) atoms. The number of rotatable bonds is 6. The average molecular weight is 292 g/mol. The minimum absolute atomic E-state index is 0.411. The van der Waals surface area contributed by atoms with Crippen molar-refractivity contribution >= 4 is 11.8 Å². The number of aromatic nitrogens is 2. The van der Waals surface area contributed by atoms with Crippen molar-refractivity contribution in [1.29, 1.82) is 0 Å². The van der Waals surface area contributed by atoms with Gasteiger partial charge in [0.15, 0.2) is 0 Å². The number of aliphatic hydroxyl groups is 1. The molecular formula is C15H20N2O2S. The quantitative estimate of drug-likeness (QED) is 0.827. The van der Waals surface area contributed by atoms with Crippen molar-refractivity contribution in [2.75, 3.05) is 6.26 Å². The molecule has 0 fully saturated rings. The summed E-state index contributed by atoms with van der Waals surface area (Å²) in [6, 6.07) is 8.02. The smallest absolute Gasteiger partial charge is 0.229 e. The van der Waals surface area contributed by atoms with E-state index in [1.807, 2.05) is 30.5 Å². The number of benzene rings is 1.